The van der Waals surface area contributed by atoms with Gasteiger partial charge in [-0.3, -0.25) is 0 Å². The van der Waals surface area contributed by atoms with E-state index in [1.165, 1.54) is 109 Å². The highest BCUT2D eigenvalue weighted by Crippen LogP contribution is 2.47. The summed E-state index contributed by atoms with van der Waals surface area (Å²) in [6, 6.07) is 82.5. The van der Waals surface area contributed by atoms with Crippen molar-refractivity contribution in [2.75, 3.05) is 0 Å². The van der Waals surface area contributed by atoms with Crippen molar-refractivity contribution in [3.63, 3.8) is 0 Å². The molecule has 59 heavy (non-hydrogen) atoms. The van der Waals surface area contributed by atoms with Crippen LogP contribution in [-0.2, 0) is 0 Å². The van der Waals surface area contributed by atoms with Gasteiger partial charge >= 0.3 is 0 Å². The van der Waals surface area contributed by atoms with Crippen LogP contribution in [0.25, 0.3) is 115 Å². The van der Waals surface area contributed by atoms with Crippen molar-refractivity contribution >= 4 is 64.9 Å². The van der Waals surface area contributed by atoms with E-state index in [0.717, 1.165) is 5.69 Å². The highest BCUT2D eigenvalue weighted by molar-refractivity contribution is 6.24. The second-order valence-corrected chi connectivity index (χ2v) is 15.5. The lowest BCUT2D eigenvalue weighted by molar-refractivity contribution is 1.18. The van der Waals surface area contributed by atoms with Crippen molar-refractivity contribution in [1.29, 1.82) is 0 Å². The van der Waals surface area contributed by atoms with Gasteiger partial charge in [0.15, 0.2) is 0 Å². The molecular weight excluding hydrogens is 711 g/mol. The van der Waals surface area contributed by atoms with Crippen LogP contribution >= 0.6 is 0 Å². The van der Waals surface area contributed by atoms with Gasteiger partial charge in [0.25, 0.3) is 0 Å². The Kier molecular flexibility index (Phi) is 7.61. The van der Waals surface area contributed by atoms with Crippen LogP contribution in [0.4, 0.5) is 0 Å². The van der Waals surface area contributed by atoms with E-state index in [4.69, 9.17) is 0 Å². The molecule has 12 aromatic rings. The SMILES string of the molecule is c1ccc(-c2c3ccccc3c(-c3ccc4c5ccc(-c6c7ccccc7c(-c7ccccc7)c7ccccc67)cc5n(-c5ccccc5)c4c3)c3ccccc23)cc1. The summed E-state index contributed by atoms with van der Waals surface area (Å²) < 4.78 is 2.48. The largest absolute Gasteiger partial charge is 0.309 e. The molecule has 0 aliphatic carbocycles. The molecule has 274 valence electrons. The number of hydrogen-bond donors (Lipinski definition) is 0. The zero-order chi connectivity index (χ0) is 38.9. The number of nitrogens with zero attached hydrogens (tertiary/aromatic N) is 1. The Labute approximate surface area is 342 Å². The molecule has 1 heterocycles. The molecule has 1 heteroatoms. The molecular formula is C58H37N. The number of aromatic nitrogens is 1. The lowest BCUT2D eigenvalue weighted by atomic mass is 9.85. The molecule has 0 radical (unpaired) electrons. The number of rotatable bonds is 5. The minimum absolute atomic E-state index is 1.14. The van der Waals surface area contributed by atoms with Crippen LogP contribution in [-0.4, -0.2) is 4.57 Å². The van der Waals surface area contributed by atoms with Crippen molar-refractivity contribution in [3.8, 4) is 50.2 Å². The van der Waals surface area contributed by atoms with Gasteiger partial charge in [-0.25, -0.2) is 0 Å². The molecule has 0 spiro atoms. The summed E-state index contributed by atoms with van der Waals surface area (Å²) in [7, 11) is 0. The van der Waals surface area contributed by atoms with Crippen LogP contribution in [0.1, 0.15) is 0 Å². The molecule has 12 rings (SSSR count). The predicted octanol–water partition coefficient (Wildman–Crippen LogP) is 16.1. The zero-order valence-corrected chi connectivity index (χ0v) is 32.3. The van der Waals surface area contributed by atoms with E-state index >= 15 is 0 Å². The fourth-order valence-corrected chi connectivity index (χ4v) is 9.90. The average molecular weight is 748 g/mol. The van der Waals surface area contributed by atoms with Gasteiger partial charge in [0.1, 0.15) is 0 Å². The quantitative estimate of drug-likeness (QED) is 0.155. The Morgan fingerprint density at radius 3 is 0.797 bits per heavy atom. The van der Waals surface area contributed by atoms with Gasteiger partial charge in [0.05, 0.1) is 11.0 Å². The standard InChI is InChI=1S/C58H37N/c1-4-18-38(19-5-1)55-45-24-10-14-28-49(45)57(50-29-15-11-25-46(50)55)40-32-34-43-44-35-33-41(37-54(44)59(53(43)36-40)42-22-8-3-9-23-42)58-51-30-16-12-26-47(51)56(39-20-6-2-7-21-39)48-27-13-17-31-52(48)58/h1-37H. The summed E-state index contributed by atoms with van der Waals surface area (Å²) in [4.78, 5) is 0. The number of hydrogen-bond acceptors (Lipinski definition) is 0. The number of para-hydroxylation sites is 1. The topological polar surface area (TPSA) is 4.93 Å². The van der Waals surface area contributed by atoms with Gasteiger partial charge in [0, 0.05) is 16.5 Å². The van der Waals surface area contributed by atoms with Crippen molar-refractivity contribution in [2.24, 2.45) is 0 Å². The third-order valence-electron chi connectivity index (χ3n) is 12.3. The first-order chi connectivity index (χ1) is 29.3. The molecule has 0 atom stereocenters. The van der Waals surface area contributed by atoms with Crippen molar-refractivity contribution in [1.82, 2.24) is 4.57 Å². The fourth-order valence-electron chi connectivity index (χ4n) is 9.90. The molecule has 1 nitrogen and oxygen atoms in total. The minimum Gasteiger partial charge on any atom is -0.309 e. The maximum atomic E-state index is 2.48. The van der Waals surface area contributed by atoms with Gasteiger partial charge in [-0.15, -0.1) is 0 Å². The smallest absolute Gasteiger partial charge is 0.0547 e. The Balaban J connectivity index is 1.15. The number of fused-ring (bicyclic) bond motifs is 7. The van der Waals surface area contributed by atoms with E-state index in [-0.39, 0.29) is 0 Å². The molecule has 0 bridgehead atoms. The maximum Gasteiger partial charge on any atom is 0.0547 e. The summed E-state index contributed by atoms with van der Waals surface area (Å²) in [6.07, 6.45) is 0. The van der Waals surface area contributed by atoms with Crippen LogP contribution in [0.3, 0.4) is 0 Å². The Morgan fingerprint density at radius 1 is 0.203 bits per heavy atom. The molecule has 0 amide bonds. The zero-order valence-electron chi connectivity index (χ0n) is 32.3. The van der Waals surface area contributed by atoms with Crippen molar-refractivity contribution in [2.45, 2.75) is 0 Å². The first kappa shape index (κ1) is 33.4. The summed E-state index contributed by atoms with van der Waals surface area (Å²) in [5.41, 5.74) is 13.5. The normalized spacial score (nSPS) is 11.7. The Morgan fingerprint density at radius 2 is 0.475 bits per heavy atom. The Bertz CT molecular complexity index is 3250. The second-order valence-electron chi connectivity index (χ2n) is 15.5. The van der Waals surface area contributed by atoms with Gasteiger partial charge in [-0.05, 0) is 112 Å². The molecule has 0 aliphatic rings. The lowest BCUT2D eigenvalue weighted by Gasteiger charge is -2.18. The van der Waals surface area contributed by atoms with E-state index in [1.54, 1.807) is 0 Å². The van der Waals surface area contributed by atoms with E-state index < -0.39 is 0 Å². The van der Waals surface area contributed by atoms with Gasteiger partial charge in [0.2, 0.25) is 0 Å². The van der Waals surface area contributed by atoms with Crippen molar-refractivity contribution in [3.05, 3.63) is 224 Å². The molecule has 0 unspecified atom stereocenters. The van der Waals surface area contributed by atoms with Crippen LogP contribution < -0.4 is 0 Å². The van der Waals surface area contributed by atoms with Crippen LogP contribution in [0.5, 0.6) is 0 Å². The highest BCUT2D eigenvalue weighted by atomic mass is 15.0. The van der Waals surface area contributed by atoms with Crippen molar-refractivity contribution < 1.29 is 0 Å². The molecule has 11 aromatic carbocycles. The highest BCUT2D eigenvalue weighted by Gasteiger charge is 2.21. The van der Waals surface area contributed by atoms with Crippen LogP contribution in [0.15, 0.2) is 224 Å². The summed E-state index contributed by atoms with van der Waals surface area (Å²) >= 11 is 0. The first-order valence-electron chi connectivity index (χ1n) is 20.4. The summed E-state index contributed by atoms with van der Waals surface area (Å²) in [5.74, 6) is 0. The van der Waals surface area contributed by atoms with Crippen LogP contribution in [0, 0.1) is 0 Å². The number of benzene rings is 11. The van der Waals surface area contributed by atoms with Gasteiger partial charge in [-0.2, -0.15) is 0 Å². The lowest BCUT2D eigenvalue weighted by Crippen LogP contribution is -1.95. The average Bonchev–Trinajstić information content (AvgIpc) is 3.63. The minimum atomic E-state index is 1.14. The summed E-state index contributed by atoms with van der Waals surface area (Å²) in [5, 5.41) is 12.6. The maximum absolute atomic E-state index is 2.48. The van der Waals surface area contributed by atoms with Gasteiger partial charge in [-0.1, -0.05) is 200 Å². The predicted molar refractivity (Wildman–Crippen MR) is 253 cm³/mol. The Hall–Kier alpha value is -7.74. The molecule has 0 fully saturated rings. The molecule has 0 aliphatic heterocycles. The summed E-state index contributed by atoms with van der Waals surface area (Å²) in [6.45, 7) is 0. The molecule has 0 N–H and O–H groups in total. The van der Waals surface area contributed by atoms with E-state index in [9.17, 15) is 0 Å². The van der Waals surface area contributed by atoms with E-state index in [1.807, 2.05) is 0 Å². The molecule has 0 saturated carbocycles. The fraction of sp³-hybridized carbons (Fsp3) is 0. The second kappa shape index (κ2) is 13.4. The molecule has 0 saturated heterocycles. The molecule has 1 aromatic heterocycles. The van der Waals surface area contributed by atoms with Gasteiger partial charge < -0.3 is 4.57 Å². The third kappa shape index (κ3) is 5.18. The first-order valence-corrected chi connectivity index (χ1v) is 20.4. The monoisotopic (exact) mass is 747 g/mol. The third-order valence-corrected chi connectivity index (χ3v) is 12.3. The van der Waals surface area contributed by atoms with E-state index in [2.05, 4.69) is 229 Å². The van der Waals surface area contributed by atoms with E-state index in [0.29, 0.717) is 0 Å². The van der Waals surface area contributed by atoms with Crippen LogP contribution in [0.2, 0.25) is 0 Å².